The van der Waals surface area contributed by atoms with E-state index in [-0.39, 0.29) is 6.54 Å². The zero-order chi connectivity index (χ0) is 15.0. The molecule has 2 heterocycles. The summed E-state index contributed by atoms with van der Waals surface area (Å²) in [6, 6.07) is 9.48. The smallest absolute Gasteiger partial charge is 0.294 e. The quantitative estimate of drug-likeness (QED) is 0.789. The number of nitrogens with zero attached hydrogens (tertiary/aromatic N) is 3. The molecule has 0 bridgehead atoms. The summed E-state index contributed by atoms with van der Waals surface area (Å²) in [5.74, 6) is -0.616. The Kier molecular flexibility index (Phi) is 3.26. The van der Waals surface area contributed by atoms with Gasteiger partial charge in [-0.15, -0.1) is 11.3 Å². The van der Waals surface area contributed by atoms with E-state index in [1.165, 1.54) is 11.3 Å². The van der Waals surface area contributed by atoms with E-state index in [2.05, 4.69) is 10.1 Å². The summed E-state index contributed by atoms with van der Waals surface area (Å²) < 4.78 is 1.80. The predicted octanol–water partition coefficient (Wildman–Crippen LogP) is 1.31. The summed E-state index contributed by atoms with van der Waals surface area (Å²) in [6.45, 7) is 1.57. The Morgan fingerprint density at radius 1 is 1.33 bits per heavy atom. The lowest BCUT2D eigenvalue weighted by Gasteiger charge is -2.06. The molecule has 2 aromatic heterocycles. The minimum absolute atomic E-state index is 0.259. The van der Waals surface area contributed by atoms with Crippen LogP contribution in [0.1, 0.15) is 5.01 Å². The zero-order valence-corrected chi connectivity index (χ0v) is 12.1. The number of aromatic nitrogens is 3. The Balaban J connectivity index is 2.35. The Morgan fingerprint density at radius 3 is 2.71 bits per heavy atom. The number of rotatable bonds is 3. The SMILES string of the molecule is Cc1nc2c(=O)n(CC(N)=O)nc(-c3ccccc3)c2s1. The summed E-state index contributed by atoms with van der Waals surface area (Å²) in [7, 11) is 0. The number of thiazole rings is 1. The number of primary amides is 1. The summed E-state index contributed by atoms with van der Waals surface area (Å²) in [5.41, 5.74) is 6.61. The van der Waals surface area contributed by atoms with E-state index >= 15 is 0 Å². The van der Waals surface area contributed by atoms with Crippen molar-refractivity contribution < 1.29 is 4.79 Å². The van der Waals surface area contributed by atoms with Gasteiger partial charge >= 0.3 is 0 Å². The molecule has 0 saturated heterocycles. The minimum Gasteiger partial charge on any atom is -0.368 e. The van der Waals surface area contributed by atoms with Crippen LogP contribution >= 0.6 is 11.3 Å². The van der Waals surface area contributed by atoms with E-state index in [1.807, 2.05) is 37.3 Å². The van der Waals surface area contributed by atoms with Gasteiger partial charge in [0, 0.05) is 5.56 Å². The van der Waals surface area contributed by atoms with Crippen LogP contribution in [0.5, 0.6) is 0 Å². The van der Waals surface area contributed by atoms with E-state index in [1.54, 1.807) is 0 Å². The molecule has 0 aliphatic heterocycles. The van der Waals surface area contributed by atoms with E-state index in [0.717, 1.165) is 20.0 Å². The second-order valence-electron chi connectivity index (χ2n) is 4.55. The van der Waals surface area contributed by atoms with Crippen molar-refractivity contribution in [2.45, 2.75) is 13.5 Å². The molecule has 3 aromatic rings. The monoisotopic (exact) mass is 300 g/mol. The van der Waals surface area contributed by atoms with Crippen LogP contribution in [0.15, 0.2) is 35.1 Å². The third-order valence-corrected chi connectivity index (χ3v) is 3.94. The van der Waals surface area contributed by atoms with Gasteiger partial charge in [-0.1, -0.05) is 30.3 Å². The fourth-order valence-electron chi connectivity index (χ4n) is 2.11. The van der Waals surface area contributed by atoms with Gasteiger partial charge in [0.25, 0.3) is 5.56 Å². The zero-order valence-electron chi connectivity index (χ0n) is 11.2. The third kappa shape index (κ3) is 2.43. The number of carbonyl (C=O) groups is 1. The lowest BCUT2D eigenvalue weighted by atomic mass is 10.1. The molecular formula is C14H12N4O2S. The molecule has 1 aromatic carbocycles. The molecule has 0 atom stereocenters. The standard InChI is InChI=1S/C14H12N4O2S/c1-8-16-12-13(21-8)11(9-5-3-2-4-6-9)17-18(14(12)20)7-10(15)19/h2-6H,7H2,1H3,(H2,15,19). The highest BCUT2D eigenvalue weighted by atomic mass is 32.1. The molecule has 0 fully saturated rings. The third-order valence-electron chi connectivity index (χ3n) is 2.96. The van der Waals surface area contributed by atoms with Crippen molar-refractivity contribution in [3.05, 3.63) is 45.7 Å². The van der Waals surface area contributed by atoms with Gasteiger partial charge in [0.1, 0.15) is 12.2 Å². The van der Waals surface area contributed by atoms with Gasteiger partial charge in [0.15, 0.2) is 5.52 Å². The lowest BCUT2D eigenvalue weighted by molar-refractivity contribution is -0.118. The van der Waals surface area contributed by atoms with Crippen LogP contribution in [-0.4, -0.2) is 20.7 Å². The van der Waals surface area contributed by atoms with Gasteiger partial charge in [-0.25, -0.2) is 9.67 Å². The van der Waals surface area contributed by atoms with Crippen molar-refractivity contribution in [3.63, 3.8) is 0 Å². The first kappa shape index (κ1) is 13.4. The largest absolute Gasteiger partial charge is 0.368 e. The molecule has 0 unspecified atom stereocenters. The first-order valence-electron chi connectivity index (χ1n) is 6.28. The molecule has 3 rings (SSSR count). The van der Waals surface area contributed by atoms with Crippen LogP contribution in [0, 0.1) is 6.92 Å². The van der Waals surface area contributed by atoms with Gasteiger partial charge in [-0.3, -0.25) is 9.59 Å². The summed E-state index contributed by atoms with van der Waals surface area (Å²) in [4.78, 5) is 27.7. The van der Waals surface area contributed by atoms with Crippen molar-refractivity contribution in [2.75, 3.05) is 0 Å². The second kappa shape index (κ2) is 5.10. The normalized spacial score (nSPS) is 10.9. The van der Waals surface area contributed by atoms with Gasteiger partial charge in [0.05, 0.1) is 9.71 Å². The Morgan fingerprint density at radius 2 is 2.05 bits per heavy atom. The van der Waals surface area contributed by atoms with Crippen molar-refractivity contribution in [3.8, 4) is 11.3 Å². The average molecular weight is 300 g/mol. The first-order valence-corrected chi connectivity index (χ1v) is 7.10. The maximum atomic E-state index is 12.3. The Bertz CT molecular complexity index is 883. The van der Waals surface area contributed by atoms with E-state index in [9.17, 15) is 9.59 Å². The number of hydrogen-bond donors (Lipinski definition) is 1. The number of amides is 1. The minimum atomic E-state index is -0.616. The molecule has 7 heteroatoms. The van der Waals surface area contributed by atoms with Crippen LogP contribution in [0.3, 0.4) is 0 Å². The van der Waals surface area contributed by atoms with Crippen molar-refractivity contribution in [2.24, 2.45) is 5.73 Å². The number of hydrogen-bond acceptors (Lipinski definition) is 5. The molecule has 2 N–H and O–H groups in total. The van der Waals surface area contributed by atoms with Gasteiger partial charge < -0.3 is 5.73 Å². The molecule has 0 aliphatic rings. The van der Waals surface area contributed by atoms with Gasteiger partial charge in [-0.2, -0.15) is 5.10 Å². The van der Waals surface area contributed by atoms with Gasteiger partial charge in [-0.05, 0) is 6.92 Å². The molecule has 1 amide bonds. The lowest BCUT2D eigenvalue weighted by Crippen LogP contribution is -2.30. The number of nitrogens with two attached hydrogens (primary N) is 1. The molecule has 0 saturated carbocycles. The highest BCUT2D eigenvalue weighted by molar-refractivity contribution is 7.19. The summed E-state index contributed by atoms with van der Waals surface area (Å²) >= 11 is 1.41. The number of carbonyl (C=O) groups excluding carboxylic acids is 1. The Hall–Kier alpha value is -2.54. The van der Waals surface area contributed by atoms with Crippen molar-refractivity contribution >= 4 is 27.5 Å². The van der Waals surface area contributed by atoms with Crippen LogP contribution < -0.4 is 11.3 Å². The molecule has 21 heavy (non-hydrogen) atoms. The Labute approximate surface area is 123 Å². The molecule has 0 spiro atoms. The number of benzene rings is 1. The molecule has 6 nitrogen and oxygen atoms in total. The van der Waals surface area contributed by atoms with Gasteiger partial charge in [0.2, 0.25) is 5.91 Å². The number of fused-ring (bicyclic) bond motifs is 1. The van der Waals surface area contributed by atoms with Crippen LogP contribution in [0.2, 0.25) is 0 Å². The van der Waals surface area contributed by atoms with E-state index in [0.29, 0.717) is 11.2 Å². The van der Waals surface area contributed by atoms with Crippen LogP contribution in [0.4, 0.5) is 0 Å². The van der Waals surface area contributed by atoms with Crippen molar-refractivity contribution in [1.29, 1.82) is 0 Å². The average Bonchev–Trinajstić information content (AvgIpc) is 2.84. The second-order valence-corrected chi connectivity index (χ2v) is 5.76. The topological polar surface area (TPSA) is 90.9 Å². The summed E-state index contributed by atoms with van der Waals surface area (Å²) in [6.07, 6.45) is 0. The molecular weight excluding hydrogens is 288 g/mol. The maximum Gasteiger partial charge on any atom is 0.294 e. The molecule has 106 valence electrons. The summed E-state index contributed by atoms with van der Waals surface area (Å²) in [5, 5.41) is 5.07. The van der Waals surface area contributed by atoms with E-state index in [4.69, 9.17) is 5.73 Å². The maximum absolute atomic E-state index is 12.3. The fourth-order valence-corrected chi connectivity index (χ4v) is 3.02. The first-order chi connectivity index (χ1) is 10.1. The van der Waals surface area contributed by atoms with Crippen LogP contribution in [-0.2, 0) is 11.3 Å². The van der Waals surface area contributed by atoms with Crippen LogP contribution in [0.25, 0.3) is 21.5 Å². The number of aryl methyl sites for hydroxylation is 1. The fraction of sp³-hybridized carbons (Fsp3) is 0.143. The molecule has 0 radical (unpaired) electrons. The predicted molar refractivity (Wildman–Crippen MR) is 81.0 cm³/mol. The van der Waals surface area contributed by atoms with Crippen molar-refractivity contribution in [1.82, 2.24) is 14.8 Å². The van der Waals surface area contributed by atoms with E-state index < -0.39 is 11.5 Å². The molecule has 0 aliphatic carbocycles. The highest BCUT2D eigenvalue weighted by Crippen LogP contribution is 2.29. The highest BCUT2D eigenvalue weighted by Gasteiger charge is 2.16.